The van der Waals surface area contributed by atoms with Crippen LogP contribution in [-0.2, 0) is 4.79 Å². The molecular weight excluding hydrogens is 342 g/mol. The number of carbonyl (C=O) groups excluding carboxylic acids is 1. The standard InChI is InChI=1S/C20H31N5O2/c1-15-11-19(22-14-21-15)25(17-3-4-17)18-5-8-23(9-6-18)12-20(27)7-10-24(13-20)16(2)26/h11,14,17-18,27H,3-10,12-13H2,1-2H3. The first kappa shape index (κ1) is 18.6. The van der Waals surface area contributed by atoms with E-state index in [2.05, 4.69) is 25.8 Å². The highest BCUT2D eigenvalue weighted by molar-refractivity contribution is 5.73. The fourth-order valence-electron chi connectivity index (χ4n) is 4.63. The van der Waals surface area contributed by atoms with Gasteiger partial charge in [0.2, 0.25) is 5.91 Å². The highest BCUT2D eigenvalue weighted by Crippen LogP contribution is 2.35. The summed E-state index contributed by atoms with van der Waals surface area (Å²) >= 11 is 0. The van der Waals surface area contributed by atoms with Gasteiger partial charge in [0.05, 0.1) is 12.1 Å². The Hall–Kier alpha value is -1.73. The molecule has 1 aromatic rings. The van der Waals surface area contributed by atoms with E-state index in [9.17, 15) is 9.90 Å². The maximum atomic E-state index is 11.6. The van der Waals surface area contributed by atoms with Crippen LogP contribution in [0.5, 0.6) is 0 Å². The summed E-state index contributed by atoms with van der Waals surface area (Å²) in [5, 5.41) is 10.9. The van der Waals surface area contributed by atoms with E-state index in [1.807, 2.05) is 6.92 Å². The van der Waals surface area contributed by atoms with E-state index in [1.165, 1.54) is 12.8 Å². The fraction of sp³-hybridized carbons (Fsp3) is 0.750. The van der Waals surface area contributed by atoms with Gasteiger partial charge in [-0.2, -0.15) is 0 Å². The van der Waals surface area contributed by atoms with Gasteiger partial charge in [-0.15, -0.1) is 0 Å². The molecule has 2 aliphatic heterocycles. The normalized spacial score (nSPS) is 27.1. The SMILES string of the molecule is CC(=O)N1CCC(O)(CN2CCC(N(c3cc(C)ncn3)C3CC3)CC2)C1. The number of β-amino-alcohol motifs (C(OH)–C–C–N with tert-alkyl or cyclic N) is 1. The van der Waals surface area contributed by atoms with Gasteiger partial charge in [0, 0.05) is 56.9 Å². The summed E-state index contributed by atoms with van der Waals surface area (Å²) in [5.74, 6) is 1.12. The van der Waals surface area contributed by atoms with Crippen molar-refractivity contribution in [1.29, 1.82) is 0 Å². The average Bonchev–Trinajstić information content (AvgIpc) is 3.38. The number of aryl methyl sites for hydroxylation is 1. The third-order valence-electron chi connectivity index (χ3n) is 6.24. The Morgan fingerprint density at radius 3 is 2.52 bits per heavy atom. The van der Waals surface area contributed by atoms with E-state index in [4.69, 9.17) is 0 Å². The van der Waals surface area contributed by atoms with Crippen molar-refractivity contribution in [1.82, 2.24) is 19.8 Å². The number of aromatic nitrogens is 2. The van der Waals surface area contributed by atoms with Gasteiger partial charge in [-0.3, -0.25) is 4.79 Å². The number of rotatable bonds is 5. The minimum absolute atomic E-state index is 0.0600. The fourth-order valence-corrected chi connectivity index (χ4v) is 4.63. The summed E-state index contributed by atoms with van der Waals surface area (Å²) in [4.78, 5) is 27.0. The molecule has 3 heterocycles. The summed E-state index contributed by atoms with van der Waals surface area (Å²) in [6, 6.07) is 3.23. The van der Waals surface area contributed by atoms with Gasteiger partial charge in [0.15, 0.2) is 0 Å². The predicted molar refractivity (Wildman–Crippen MR) is 104 cm³/mol. The molecule has 1 atom stereocenters. The number of hydrogen-bond donors (Lipinski definition) is 1. The monoisotopic (exact) mass is 373 g/mol. The maximum Gasteiger partial charge on any atom is 0.219 e. The highest BCUT2D eigenvalue weighted by Gasteiger charge is 2.41. The zero-order valence-electron chi connectivity index (χ0n) is 16.5. The van der Waals surface area contributed by atoms with Crippen molar-refractivity contribution < 1.29 is 9.90 Å². The van der Waals surface area contributed by atoms with Crippen LogP contribution in [0, 0.1) is 6.92 Å². The Bertz CT molecular complexity index is 687. The maximum absolute atomic E-state index is 11.6. The zero-order valence-corrected chi connectivity index (χ0v) is 16.5. The van der Waals surface area contributed by atoms with E-state index in [0.29, 0.717) is 38.1 Å². The minimum Gasteiger partial charge on any atom is -0.387 e. The molecule has 4 rings (SSSR count). The number of anilines is 1. The van der Waals surface area contributed by atoms with Crippen molar-refractivity contribution in [3.8, 4) is 0 Å². The summed E-state index contributed by atoms with van der Waals surface area (Å²) in [6.07, 6.45) is 7.04. The Labute approximate surface area is 161 Å². The Morgan fingerprint density at radius 1 is 1.22 bits per heavy atom. The summed E-state index contributed by atoms with van der Waals surface area (Å²) in [6.45, 7) is 7.38. The van der Waals surface area contributed by atoms with E-state index >= 15 is 0 Å². The minimum atomic E-state index is -0.752. The van der Waals surface area contributed by atoms with E-state index < -0.39 is 5.60 Å². The molecule has 3 aliphatic rings. The molecule has 27 heavy (non-hydrogen) atoms. The van der Waals surface area contributed by atoms with E-state index in [-0.39, 0.29) is 5.91 Å². The summed E-state index contributed by atoms with van der Waals surface area (Å²) in [7, 11) is 0. The number of aliphatic hydroxyl groups is 1. The number of piperidine rings is 1. The topological polar surface area (TPSA) is 72.8 Å². The van der Waals surface area contributed by atoms with Crippen LogP contribution in [0.1, 0.15) is 44.7 Å². The first-order valence-electron chi connectivity index (χ1n) is 10.2. The van der Waals surface area contributed by atoms with Gasteiger partial charge in [-0.25, -0.2) is 9.97 Å². The van der Waals surface area contributed by atoms with Gasteiger partial charge >= 0.3 is 0 Å². The molecule has 0 spiro atoms. The summed E-state index contributed by atoms with van der Waals surface area (Å²) in [5.41, 5.74) is 0.264. The van der Waals surface area contributed by atoms with E-state index in [0.717, 1.165) is 37.4 Å². The lowest BCUT2D eigenvalue weighted by atomic mass is 9.98. The van der Waals surface area contributed by atoms with Crippen molar-refractivity contribution in [3.05, 3.63) is 18.1 Å². The lowest BCUT2D eigenvalue weighted by Crippen LogP contribution is -2.51. The van der Waals surface area contributed by atoms with Crippen molar-refractivity contribution in [2.24, 2.45) is 0 Å². The van der Waals surface area contributed by atoms with Crippen LogP contribution in [0.2, 0.25) is 0 Å². The number of carbonyl (C=O) groups is 1. The molecule has 0 radical (unpaired) electrons. The molecule has 0 aromatic carbocycles. The number of amides is 1. The first-order valence-corrected chi connectivity index (χ1v) is 10.2. The van der Waals surface area contributed by atoms with Crippen molar-refractivity contribution in [3.63, 3.8) is 0 Å². The van der Waals surface area contributed by atoms with Gasteiger partial charge < -0.3 is 19.8 Å². The third-order valence-corrected chi connectivity index (χ3v) is 6.24. The van der Waals surface area contributed by atoms with Crippen LogP contribution < -0.4 is 4.90 Å². The number of hydrogen-bond acceptors (Lipinski definition) is 6. The van der Waals surface area contributed by atoms with Gasteiger partial charge in [0.25, 0.3) is 0 Å². The van der Waals surface area contributed by atoms with Crippen molar-refractivity contribution in [2.45, 2.75) is 63.6 Å². The predicted octanol–water partition coefficient (Wildman–Crippen LogP) is 1.20. The Morgan fingerprint density at radius 2 is 1.93 bits per heavy atom. The van der Waals surface area contributed by atoms with Crippen LogP contribution in [-0.4, -0.2) is 81.2 Å². The Kier molecular flexibility index (Phi) is 5.07. The average molecular weight is 374 g/mol. The van der Waals surface area contributed by atoms with Crippen LogP contribution in [0.15, 0.2) is 12.4 Å². The largest absolute Gasteiger partial charge is 0.387 e. The molecule has 1 amide bonds. The first-order chi connectivity index (χ1) is 12.9. The smallest absolute Gasteiger partial charge is 0.219 e. The number of nitrogens with zero attached hydrogens (tertiary/aromatic N) is 5. The summed E-state index contributed by atoms with van der Waals surface area (Å²) < 4.78 is 0. The molecule has 1 aliphatic carbocycles. The van der Waals surface area contributed by atoms with Crippen LogP contribution in [0.3, 0.4) is 0 Å². The van der Waals surface area contributed by atoms with Gasteiger partial charge in [-0.1, -0.05) is 0 Å². The third kappa shape index (κ3) is 4.24. The quantitative estimate of drug-likeness (QED) is 0.836. The second-order valence-corrected chi connectivity index (χ2v) is 8.58. The molecule has 1 aromatic heterocycles. The molecule has 1 N–H and O–H groups in total. The van der Waals surface area contributed by atoms with Crippen molar-refractivity contribution in [2.75, 3.05) is 37.6 Å². The molecule has 3 fully saturated rings. The van der Waals surface area contributed by atoms with Gasteiger partial charge in [-0.05, 0) is 39.0 Å². The Balaban J connectivity index is 1.35. The molecular formula is C20H31N5O2. The molecule has 7 heteroatoms. The van der Waals surface area contributed by atoms with E-state index in [1.54, 1.807) is 18.2 Å². The molecule has 1 unspecified atom stereocenters. The van der Waals surface area contributed by atoms with Crippen LogP contribution >= 0.6 is 0 Å². The lowest BCUT2D eigenvalue weighted by molar-refractivity contribution is -0.129. The van der Waals surface area contributed by atoms with Crippen LogP contribution in [0.4, 0.5) is 5.82 Å². The highest BCUT2D eigenvalue weighted by atomic mass is 16.3. The molecule has 2 saturated heterocycles. The molecule has 1 saturated carbocycles. The molecule has 7 nitrogen and oxygen atoms in total. The van der Waals surface area contributed by atoms with Gasteiger partial charge in [0.1, 0.15) is 12.1 Å². The lowest BCUT2D eigenvalue weighted by Gasteiger charge is -2.41. The second kappa shape index (κ2) is 7.36. The molecule has 0 bridgehead atoms. The zero-order chi connectivity index (χ0) is 19.0. The van der Waals surface area contributed by atoms with Crippen molar-refractivity contribution >= 4 is 11.7 Å². The number of likely N-dealkylation sites (tertiary alicyclic amines) is 2. The molecule has 148 valence electrons. The van der Waals surface area contributed by atoms with Crippen LogP contribution in [0.25, 0.3) is 0 Å². The second-order valence-electron chi connectivity index (χ2n) is 8.58.